The van der Waals surface area contributed by atoms with Gasteiger partial charge in [0.1, 0.15) is 5.75 Å². The summed E-state index contributed by atoms with van der Waals surface area (Å²) in [6.45, 7) is -0.172. The zero-order valence-corrected chi connectivity index (χ0v) is 9.47. The van der Waals surface area contributed by atoms with Crippen LogP contribution in [0.2, 0.25) is 0 Å². The first-order chi connectivity index (χ1) is 8.13. The van der Waals surface area contributed by atoms with Gasteiger partial charge in [-0.2, -0.15) is 0 Å². The summed E-state index contributed by atoms with van der Waals surface area (Å²) < 4.78 is 5.12. The van der Waals surface area contributed by atoms with Crippen molar-refractivity contribution in [1.82, 2.24) is 5.32 Å². The van der Waals surface area contributed by atoms with Crippen LogP contribution in [0.3, 0.4) is 0 Å². The maximum atomic E-state index is 11.3. The number of hydrogen-bond donors (Lipinski definition) is 2. The Morgan fingerprint density at radius 2 is 2.12 bits per heavy atom. The van der Waals surface area contributed by atoms with E-state index in [9.17, 15) is 9.59 Å². The lowest BCUT2D eigenvalue weighted by Gasteiger charge is -2.03. The number of amides is 2. The molecule has 1 rings (SSSR count). The van der Waals surface area contributed by atoms with Gasteiger partial charge in [-0.1, -0.05) is 18.2 Å². The van der Waals surface area contributed by atoms with Crippen LogP contribution in [0.4, 0.5) is 0 Å². The van der Waals surface area contributed by atoms with E-state index in [1.165, 1.54) is 6.08 Å². The molecule has 0 radical (unpaired) electrons. The Morgan fingerprint density at radius 3 is 2.76 bits per heavy atom. The molecule has 0 fully saturated rings. The van der Waals surface area contributed by atoms with E-state index in [-0.39, 0.29) is 12.5 Å². The van der Waals surface area contributed by atoms with E-state index in [1.54, 1.807) is 19.3 Å². The Morgan fingerprint density at radius 1 is 1.41 bits per heavy atom. The van der Waals surface area contributed by atoms with E-state index in [0.717, 1.165) is 5.56 Å². The molecule has 17 heavy (non-hydrogen) atoms. The number of hydrogen-bond acceptors (Lipinski definition) is 3. The molecule has 5 heteroatoms. The number of para-hydroxylation sites is 1. The van der Waals surface area contributed by atoms with Crippen molar-refractivity contribution < 1.29 is 14.3 Å². The largest absolute Gasteiger partial charge is 0.496 e. The van der Waals surface area contributed by atoms with Gasteiger partial charge in [-0.05, 0) is 12.1 Å². The molecule has 5 nitrogen and oxygen atoms in total. The Balaban J connectivity index is 2.63. The second-order valence-corrected chi connectivity index (χ2v) is 3.26. The fourth-order valence-corrected chi connectivity index (χ4v) is 1.20. The highest BCUT2D eigenvalue weighted by atomic mass is 16.5. The summed E-state index contributed by atoms with van der Waals surface area (Å²) in [5.74, 6) is -0.287. The SMILES string of the molecule is COc1ccccc1/C=C/C(=O)NCC(N)=O. The minimum absolute atomic E-state index is 0.172. The molecular formula is C12H14N2O3. The second kappa shape index (κ2) is 6.32. The first-order valence-electron chi connectivity index (χ1n) is 5.00. The summed E-state index contributed by atoms with van der Waals surface area (Å²) in [4.78, 5) is 21.7. The molecule has 0 saturated heterocycles. The lowest BCUT2D eigenvalue weighted by atomic mass is 10.2. The van der Waals surface area contributed by atoms with E-state index in [1.807, 2.05) is 18.2 Å². The van der Waals surface area contributed by atoms with Gasteiger partial charge in [0.05, 0.1) is 13.7 Å². The Labute approximate surface area is 99.3 Å². The minimum Gasteiger partial charge on any atom is -0.496 e. The van der Waals surface area contributed by atoms with Crippen LogP contribution in [0.25, 0.3) is 6.08 Å². The molecule has 3 N–H and O–H groups in total. The van der Waals surface area contributed by atoms with E-state index in [2.05, 4.69) is 5.32 Å². The zero-order valence-electron chi connectivity index (χ0n) is 9.47. The molecule has 0 heterocycles. The van der Waals surface area contributed by atoms with Crippen molar-refractivity contribution in [3.63, 3.8) is 0 Å². The highest BCUT2D eigenvalue weighted by Crippen LogP contribution is 2.18. The molecule has 0 aliphatic carbocycles. The molecule has 0 bridgehead atoms. The summed E-state index contributed by atoms with van der Waals surface area (Å²) >= 11 is 0. The van der Waals surface area contributed by atoms with Crippen LogP contribution in [-0.4, -0.2) is 25.5 Å². The summed E-state index contributed by atoms with van der Waals surface area (Å²) in [7, 11) is 1.56. The molecule has 0 aromatic heterocycles. The highest BCUT2D eigenvalue weighted by Gasteiger charge is 2.00. The van der Waals surface area contributed by atoms with E-state index < -0.39 is 5.91 Å². The molecule has 0 saturated carbocycles. The fraction of sp³-hybridized carbons (Fsp3) is 0.167. The number of ether oxygens (including phenoxy) is 1. The van der Waals surface area contributed by atoms with Crippen molar-refractivity contribution in [1.29, 1.82) is 0 Å². The van der Waals surface area contributed by atoms with Gasteiger partial charge in [0.15, 0.2) is 0 Å². The third-order valence-corrected chi connectivity index (χ3v) is 1.99. The Bertz CT molecular complexity index is 441. The topological polar surface area (TPSA) is 81.4 Å². The smallest absolute Gasteiger partial charge is 0.244 e. The highest BCUT2D eigenvalue weighted by molar-refractivity contribution is 5.94. The van der Waals surface area contributed by atoms with E-state index >= 15 is 0 Å². The predicted octanol–water partition coefficient (Wildman–Crippen LogP) is 0.310. The van der Waals surface area contributed by atoms with Crippen LogP contribution in [0.5, 0.6) is 5.75 Å². The molecule has 0 spiro atoms. The monoisotopic (exact) mass is 234 g/mol. The minimum atomic E-state index is -0.580. The van der Waals surface area contributed by atoms with E-state index in [4.69, 9.17) is 10.5 Å². The van der Waals surface area contributed by atoms with Crippen molar-refractivity contribution >= 4 is 17.9 Å². The number of nitrogens with two attached hydrogens (primary N) is 1. The number of nitrogens with one attached hydrogen (secondary N) is 1. The van der Waals surface area contributed by atoms with Gasteiger partial charge in [-0.25, -0.2) is 0 Å². The first-order valence-corrected chi connectivity index (χ1v) is 5.00. The lowest BCUT2D eigenvalue weighted by molar-refractivity contribution is -0.122. The van der Waals surface area contributed by atoms with Gasteiger partial charge in [0.25, 0.3) is 0 Å². The maximum Gasteiger partial charge on any atom is 0.244 e. The Hall–Kier alpha value is -2.30. The average molecular weight is 234 g/mol. The molecule has 90 valence electrons. The van der Waals surface area contributed by atoms with Gasteiger partial charge in [0, 0.05) is 11.6 Å². The number of carbonyl (C=O) groups excluding carboxylic acids is 2. The summed E-state index contributed by atoms with van der Waals surface area (Å²) in [6.07, 6.45) is 2.93. The average Bonchev–Trinajstić information content (AvgIpc) is 2.34. The number of rotatable bonds is 5. The number of primary amides is 1. The van der Waals surface area contributed by atoms with Crippen molar-refractivity contribution in [2.75, 3.05) is 13.7 Å². The first kappa shape index (κ1) is 12.8. The maximum absolute atomic E-state index is 11.3. The quantitative estimate of drug-likeness (QED) is 0.719. The summed E-state index contributed by atoms with van der Waals surface area (Å²) in [6, 6.07) is 7.28. The normalized spacial score (nSPS) is 10.2. The molecule has 1 aromatic rings. The summed E-state index contributed by atoms with van der Waals surface area (Å²) in [5, 5.41) is 2.35. The predicted molar refractivity (Wildman–Crippen MR) is 64.2 cm³/mol. The van der Waals surface area contributed by atoms with Gasteiger partial charge in [-0.15, -0.1) is 0 Å². The van der Waals surface area contributed by atoms with Crippen LogP contribution in [0.15, 0.2) is 30.3 Å². The molecule has 0 atom stereocenters. The van der Waals surface area contributed by atoms with Crippen molar-refractivity contribution in [3.8, 4) is 5.75 Å². The Kier molecular flexibility index (Phi) is 4.75. The third-order valence-electron chi connectivity index (χ3n) is 1.99. The van der Waals surface area contributed by atoms with Gasteiger partial charge >= 0.3 is 0 Å². The molecule has 0 unspecified atom stereocenters. The van der Waals surface area contributed by atoms with Gasteiger partial charge in [0.2, 0.25) is 11.8 Å². The van der Waals surface area contributed by atoms with E-state index in [0.29, 0.717) is 5.75 Å². The number of benzene rings is 1. The van der Waals surface area contributed by atoms with Gasteiger partial charge in [-0.3, -0.25) is 9.59 Å². The molecule has 0 aliphatic rings. The van der Waals surface area contributed by atoms with Gasteiger partial charge < -0.3 is 15.8 Å². The van der Waals surface area contributed by atoms with Crippen LogP contribution in [-0.2, 0) is 9.59 Å². The lowest BCUT2D eigenvalue weighted by Crippen LogP contribution is -2.32. The molecule has 1 aromatic carbocycles. The fourth-order valence-electron chi connectivity index (χ4n) is 1.20. The zero-order chi connectivity index (χ0) is 12.7. The van der Waals surface area contributed by atoms with Crippen LogP contribution < -0.4 is 15.8 Å². The van der Waals surface area contributed by atoms with Crippen molar-refractivity contribution in [2.24, 2.45) is 5.73 Å². The van der Waals surface area contributed by atoms with Crippen molar-refractivity contribution in [3.05, 3.63) is 35.9 Å². The molecule has 2 amide bonds. The van der Waals surface area contributed by atoms with Crippen LogP contribution >= 0.6 is 0 Å². The molecular weight excluding hydrogens is 220 g/mol. The number of carbonyl (C=O) groups is 2. The summed E-state index contributed by atoms with van der Waals surface area (Å²) in [5.41, 5.74) is 5.68. The van der Waals surface area contributed by atoms with Crippen LogP contribution in [0, 0.1) is 0 Å². The van der Waals surface area contributed by atoms with Crippen molar-refractivity contribution in [2.45, 2.75) is 0 Å². The second-order valence-electron chi connectivity index (χ2n) is 3.26. The van der Waals surface area contributed by atoms with Crippen LogP contribution in [0.1, 0.15) is 5.56 Å². The third kappa shape index (κ3) is 4.38. The number of methoxy groups -OCH3 is 1. The molecule has 0 aliphatic heterocycles. The standard InChI is InChI=1S/C12H14N2O3/c1-17-10-5-3-2-4-9(10)6-7-12(16)14-8-11(13)15/h2-7H,8H2,1H3,(H2,13,15)(H,14,16)/b7-6+.